The predicted octanol–water partition coefficient (Wildman–Crippen LogP) is 7.92. The van der Waals surface area contributed by atoms with Crippen LogP contribution < -0.4 is 0 Å². The molecular formula is C20H46F2O. The monoisotopic (exact) mass is 340 g/mol. The molecule has 0 aliphatic carbocycles. The maximum atomic E-state index is 11.3. The maximum absolute atomic E-state index is 11.3. The molecule has 0 rings (SSSR count). The van der Waals surface area contributed by atoms with E-state index in [0.717, 1.165) is 26.1 Å². The fourth-order valence-corrected chi connectivity index (χ4v) is 1.59. The molecule has 0 saturated carbocycles. The van der Waals surface area contributed by atoms with Crippen LogP contribution >= 0.6 is 0 Å². The van der Waals surface area contributed by atoms with E-state index in [1.165, 1.54) is 57.8 Å². The van der Waals surface area contributed by atoms with E-state index in [9.17, 15) is 8.78 Å². The summed E-state index contributed by atoms with van der Waals surface area (Å²) in [6.45, 7) is 12.5. The smallest absolute Gasteiger partial charge is 0.0894 e. The molecule has 0 aromatic rings. The normalized spacial score (nSPS) is 8.87. The first-order valence-electron chi connectivity index (χ1n) is 9.76. The summed E-state index contributed by atoms with van der Waals surface area (Å²) in [5.41, 5.74) is 0. The van der Waals surface area contributed by atoms with Gasteiger partial charge in [-0.15, -0.1) is 0 Å². The zero-order chi connectivity index (χ0) is 18.6. The van der Waals surface area contributed by atoms with Gasteiger partial charge in [0.25, 0.3) is 0 Å². The Morgan fingerprint density at radius 1 is 0.565 bits per heavy atom. The van der Waals surface area contributed by atoms with Gasteiger partial charge in [-0.1, -0.05) is 85.5 Å². The molecular weight excluding hydrogens is 294 g/mol. The van der Waals surface area contributed by atoms with E-state index in [0.29, 0.717) is 7.18 Å². The highest BCUT2D eigenvalue weighted by Gasteiger charge is 1.82. The zero-order valence-corrected chi connectivity index (χ0v) is 17.1. The molecule has 0 fully saturated rings. The lowest BCUT2D eigenvalue weighted by Crippen LogP contribution is -1.90. The third kappa shape index (κ3) is 61.4. The van der Waals surface area contributed by atoms with Crippen molar-refractivity contribution in [2.75, 3.05) is 27.1 Å². The minimum absolute atomic E-state index is 0.139. The standard InChI is InChI=1S/C7H16.C6H13F.C6H14O.CH3F/c1-3-5-7-6-4-2;1-2-3-4-5-6-7;1-3-5-6-7-4-2;1-2/h3-7H2,1-2H3;2-6H2,1H3;3-6H2,1-2H3;1H3. The fourth-order valence-electron chi connectivity index (χ4n) is 1.59. The molecule has 0 aliphatic heterocycles. The van der Waals surface area contributed by atoms with Crippen molar-refractivity contribution in [2.45, 2.75) is 105 Å². The molecule has 0 bridgehead atoms. The number of unbranched alkanes of at least 4 members (excludes halogenated alkanes) is 8. The number of hydrogen-bond acceptors (Lipinski definition) is 1. The number of hydrogen-bond donors (Lipinski definition) is 0. The second kappa shape index (κ2) is 43.1. The van der Waals surface area contributed by atoms with Gasteiger partial charge in [0, 0.05) is 13.2 Å². The van der Waals surface area contributed by atoms with Crippen molar-refractivity contribution in [3.63, 3.8) is 0 Å². The van der Waals surface area contributed by atoms with Crippen LogP contribution in [-0.4, -0.2) is 27.1 Å². The summed E-state index contributed by atoms with van der Waals surface area (Å²) in [5.74, 6) is 0. The second-order valence-corrected chi connectivity index (χ2v) is 5.36. The molecule has 0 spiro atoms. The van der Waals surface area contributed by atoms with E-state index < -0.39 is 0 Å². The molecule has 146 valence electrons. The first-order valence-corrected chi connectivity index (χ1v) is 9.76. The van der Waals surface area contributed by atoms with Crippen molar-refractivity contribution in [2.24, 2.45) is 0 Å². The molecule has 0 unspecified atom stereocenters. The largest absolute Gasteiger partial charge is 0.382 e. The Morgan fingerprint density at radius 2 is 0.957 bits per heavy atom. The van der Waals surface area contributed by atoms with Crippen LogP contribution in [0.1, 0.15) is 105 Å². The summed E-state index contributed by atoms with van der Waals surface area (Å²) in [7, 11) is 0.500. The molecule has 0 aromatic heterocycles. The van der Waals surface area contributed by atoms with Gasteiger partial charge >= 0.3 is 0 Å². The number of halogens is 2. The quantitative estimate of drug-likeness (QED) is 0.328. The van der Waals surface area contributed by atoms with E-state index in [2.05, 4.69) is 27.7 Å². The van der Waals surface area contributed by atoms with Crippen molar-refractivity contribution in [1.29, 1.82) is 0 Å². The van der Waals surface area contributed by atoms with E-state index in [1.54, 1.807) is 0 Å². The molecule has 23 heavy (non-hydrogen) atoms. The summed E-state index contributed by atoms with van der Waals surface area (Å²) < 4.78 is 25.9. The van der Waals surface area contributed by atoms with Crippen molar-refractivity contribution < 1.29 is 13.5 Å². The van der Waals surface area contributed by atoms with Crippen LogP contribution in [0.3, 0.4) is 0 Å². The van der Waals surface area contributed by atoms with Crippen molar-refractivity contribution >= 4 is 0 Å². The van der Waals surface area contributed by atoms with E-state index in [4.69, 9.17) is 4.74 Å². The molecule has 0 heterocycles. The molecule has 3 heteroatoms. The van der Waals surface area contributed by atoms with E-state index in [-0.39, 0.29) is 6.67 Å². The Balaban J connectivity index is -0.000000111. The topological polar surface area (TPSA) is 9.23 Å². The highest BCUT2D eigenvalue weighted by molar-refractivity contribution is 4.36. The molecule has 0 saturated heterocycles. The maximum Gasteiger partial charge on any atom is 0.0894 e. The Hall–Kier alpha value is -0.180. The number of ether oxygens (including phenoxy) is 1. The first kappa shape index (κ1) is 30.7. The Morgan fingerprint density at radius 3 is 1.26 bits per heavy atom. The zero-order valence-electron chi connectivity index (χ0n) is 17.1. The van der Waals surface area contributed by atoms with Crippen LogP contribution in [0, 0.1) is 0 Å². The number of rotatable bonds is 12. The van der Waals surface area contributed by atoms with Gasteiger partial charge in [-0.3, -0.25) is 8.78 Å². The Labute approximate surface area is 146 Å². The predicted molar refractivity (Wildman–Crippen MR) is 103 cm³/mol. The van der Waals surface area contributed by atoms with E-state index >= 15 is 0 Å². The molecule has 0 atom stereocenters. The molecule has 0 radical (unpaired) electrons. The van der Waals surface area contributed by atoms with Gasteiger partial charge in [0.2, 0.25) is 0 Å². The molecule has 1 nitrogen and oxygen atoms in total. The van der Waals surface area contributed by atoms with Crippen LogP contribution in [0.5, 0.6) is 0 Å². The Kier molecular flexibility index (Phi) is 57.4. The van der Waals surface area contributed by atoms with Crippen LogP contribution in [0.25, 0.3) is 0 Å². The average molecular weight is 341 g/mol. The van der Waals surface area contributed by atoms with Crippen molar-refractivity contribution in [1.82, 2.24) is 0 Å². The second-order valence-electron chi connectivity index (χ2n) is 5.36. The minimum atomic E-state index is -0.139. The van der Waals surface area contributed by atoms with Gasteiger partial charge in [0.05, 0.1) is 13.9 Å². The van der Waals surface area contributed by atoms with Gasteiger partial charge in [-0.25, -0.2) is 0 Å². The SMILES string of the molecule is CCCCCCC.CCCCCCF.CCCCOCC.CF. The summed E-state index contributed by atoms with van der Waals surface area (Å²) in [6, 6.07) is 0. The number of alkyl halides is 2. The van der Waals surface area contributed by atoms with Gasteiger partial charge in [0.1, 0.15) is 0 Å². The fraction of sp³-hybridized carbons (Fsp3) is 1.00. The summed E-state index contributed by atoms with van der Waals surface area (Å²) in [6.07, 6.45) is 13.6. The highest BCUT2D eigenvalue weighted by Crippen LogP contribution is 2.00. The lowest BCUT2D eigenvalue weighted by molar-refractivity contribution is 0.144. The van der Waals surface area contributed by atoms with Crippen LogP contribution in [-0.2, 0) is 4.74 Å². The van der Waals surface area contributed by atoms with Crippen LogP contribution in [0.15, 0.2) is 0 Å². The Bertz CT molecular complexity index is 97.0. The molecule has 0 aromatic carbocycles. The van der Waals surface area contributed by atoms with Gasteiger partial charge in [-0.05, 0) is 19.8 Å². The summed E-state index contributed by atoms with van der Waals surface area (Å²) >= 11 is 0. The van der Waals surface area contributed by atoms with Gasteiger partial charge in [0.15, 0.2) is 0 Å². The molecule has 0 amide bonds. The first-order chi connectivity index (χ1) is 11.2. The molecule has 0 aliphatic rings. The minimum Gasteiger partial charge on any atom is -0.382 e. The highest BCUT2D eigenvalue weighted by atomic mass is 19.1. The third-order valence-electron chi connectivity index (χ3n) is 3.04. The lowest BCUT2D eigenvalue weighted by atomic mass is 10.2. The molecule has 0 N–H and O–H groups in total. The van der Waals surface area contributed by atoms with Gasteiger partial charge < -0.3 is 4.74 Å². The van der Waals surface area contributed by atoms with Gasteiger partial charge in [-0.2, -0.15) is 0 Å². The van der Waals surface area contributed by atoms with Crippen molar-refractivity contribution in [3.8, 4) is 0 Å². The lowest BCUT2D eigenvalue weighted by Gasteiger charge is -1.94. The summed E-state index contributed by atoms with van der Waals surface area (Å²) in [4.78, 5) is 0. The summed E-state index contributed by atoms with van der Waals surface area (Å²) in [5, 5.41) is 0. The third-order valence-corrected chi connectivity index (χ3v) is 3.04. The van der Waals surface area contributed by atoms with Crippen LogP contribution in [0.2, 0.25) is 0 Å². The average Bonchev–Trinajstić information content (AvgIpc) is 2.59. The van der Waals surface area contributed by atoms with E-state index in [1.807, 2.05) is 6.92 Å². The van der Waals surface area contributed by atoms with Crippen molar-refractivity contribution in [3.05, 3.63) is 0 Å². The van der Waals surface area contributed by atoms with Crippen LogP contribution in [0.4, 0.5) is 8.78 Å².